The third-order valence-electron chi connectivity index (χ3n) is 6.09. The van der Waals surface area contributed by atoms with Crippen LogP contribution in [0, 0.1) is 0 Å². The van der Waals surface area contributed by atoms with Crippen LogP contribution >= 0.6 is 0 Å². The molecule has 1 fully saturated rings. The lowest BCUT2D eigenvalue weighted by molar-refractivity contribution is -0.137. The van der Waals surface area contributed by atoms with Crippen LogP contribution in [0.15, 0.2) is 60.3 Å². The summed E-state index contributed by atoms with van der Waals surface area (Å²) in [5.74, 6) is 0. The topological polar surface area (TPSA) is 18.5 Å². The second kappa shape index (κ2) is 7.70. The minimum atomic E-state index is -4.37. The smallest absolute Gasteiger partial charge is 0.399 e. The van der Waals surface area contributed by atoms with E-state index in [4.69, 9.17) is 9.31 Å². The molecular formula is C23H28BF3O2Si. The van der Waals surface area contributed by atoms with E-state index in [9.17, 15) is 13.2 Å². The fourth-order valence-electron chi connectivity index (χ4n) is 3.45. The number of halogens is 3. The lowest BCUT2D eigenvalue weighted by Crippen LogP contribution is -2.41. The van der Waals surface area contributed by atoms with Crippen LogP contribution in [0.5, 0.6) is 0 Å². The molecule has 0 N–H and O–H groups in total. The maximum atomic E-state index is 13.1. The number of alkyl halides is 3. The van der Waals surface area contributed by atoms with Gasteiger partial charge in [-0.3, -0.25) is 0 Å². The molecule has 0 aromatic heterocycles. The van der Waals surface area contributed by atoms with Gasteiger partial charge < -0.3 is 9.31 Å². The van der Waals surface area contributed by atoms with Crippen LogP contribution in [0.3, 0.4) is 0 Å². The minimum Gasteiger partial charge on any atom is -0.399 e. The summed E-state index contributed by atoms with van der Waals surface area (Å²) in [7, 11) is -2.73. The molecular weight excluding hydrogens is 404 g/mol. The molecule has 30 heavy (non-hydrogen) atoms. The summed E-state index contributed by atoms with van der Waals surface area (Å²) in [5, 5.41) is 1.23. The Labute approximate surface area is 178 Å². The van der Waals surface area contributed by atoms with Gasteiger partial charge in [-0.2, -0.15) is 13.2 Å². The van der Waals surface area contributed by atoms with Gasteiger partial charge >= 0.3 is 13.3 Å². The molecule has 3 rings (SSSR count). The number of rotatable bonds is 4. The molecule has 2 nitrogen and oxygen atoms in total. The van der Waals surface area contributed by atoms with E-state index in [-0.39, 0.29) is 0 Å². The molecule has 1 saturated heterocycles. The van der Waals surface area contributed by atoms with Crippen molar-refractivity contribution in [3.63, 3.8) is 0 Å². The van der Waals surface area contributed by atoms with Gasteiger partial charge in [0.05, 0.1) is 16.8 Å². The zero-order chi connectivity index (χ0) is 22.4. The van der Waals surface area contributed by atoms with Gasteiger partial charge in [-0.15, -0.1) is 0 Å². The van der Waals surface area contributed by atoms with Gasteiger partial charge in [0.25, 0.3) is 0 Å². The highest BCUT2D eigenvalue weighted by Crippen LogP contribution is 2.41. The molecule has 2 aromatic rings. The van der Waals surface area contributed by atoms with E-state index in [0.29, 0.717) is 5.56 Å². The van der Waals surface area contributed by atoms with Gasteiger partial charge in [0.2, 0.25) is 0 Å². The molecule has 0 bridgehead atoms. The number of hydrogen-bond acceptors (Lipinski definition) is 2. The lowest BCUT2D eigenvalue weighted by atomic mass is 9.75. The van der Waals surface area contributed by atoms with Crippen LogP contribution in [0.2, 0.25) is 13.1 Å². The molecule has 2 aromatic carbocycles. The minimum absolute atomic E-state index is 0.541. The normalized spacial score (nSPS) is 19.2. The first-order chi connectivity index (χ1) is 13.7. The highest BCUT2D eigenvalue weighted by Gasteiger charge is 2.53. The molecule has 160 valence electrons. The SMILES string of the molecule is CC1(C)OB(/C(=C\[Si](C)(C)c2ccccc2)c2ccc(C(F)(F)F)cc2)OC1(C)C. The summed E-state index contributed by atoms with van der Waals surface area (Å²) in [5.41, 5.74) is 1.88. The second-order valence-electron chi connectivity index (χ2n) is 9.35. The Hall–Kier alpha value is -1.83. The molecule has 0 unspecified atom stereocenters. The first kappa shape index (κ1) is 22.8. The molecule has 1 heterocycles. The summed E-state index contributed by atoms with van der Waals surface area (Å²) in [6.45, 7) is 12.3. The Morgan fingerprint density at radius 1 is 0.867 bits per heavy atom. The van der Waals surface area contributed by atoms with Crippen molar-refractivity contribution in [2.45, 2.75) is 58.2 Å². The monoisotopic (exact) mass is 432 g/mol. The fourth-order valence-corrected chi connectivity index (χ4v) is 5.75. The maximum Gasteiger partial charge on any atom is 0.494 e. The standard InChI is InChI=1S/C23H28BF3O2Si/c1-21(2)22(3,4)29-24(28-21)20(16-30(5,6)19-10-8-7-9-11-19)17-12-14-18(15-13-17)23(25,26)27/h7-16H,1-6H3/b20-16-. The van der Waals surface area contributed by atoms with Crippen molar-refractivity contribution < 1.29 is 22.5 Å². The average Bonchev–Trinajstić information content (AvgIpc) is 2.87. The molecule has 7 heteroatoms. The zero-order valence-electron chi connectivity index (χ0n) is 18.3. The van der Waals surface area contributed by atoms with Crippen molar-refractivity contribution in [1.29, 1.82) is 0 Å². The van der Waals surface area contributed by atoms with Crippen LogP contribution in [0.1, 0.15) is 38.8 Å². The van der Waals surface area contributed by atoms with Crippen LogP contribution < -0.4 is 5.19 Å². The Bertz CT molecular complexity index is 904. The average molecular weight is 432 g/mol. The van der Waals surface area contributed by atoms with Gasteiger partial charge in [-0.25, -0.2) is 0 Å². The Morgan fingerprint density at radius 3 is 1.83 bits per heavy atom. The summed E-state index contributed by atoms with van der Waals surface area (Å²) >= 11 is 0. The summed E-state index contributed by atoms with van der Waals surface area (Å²) in [4.78, 5) is 0. The quantitative estimate of drug-likeness (QED) is 0.563. The van der Waals surface area contributed by atoms with Gasteiger partial charge in [0, 0.05) is 0 Å². The predicted octanol–water partition coefficient (Wildman–Crippen LogP) is 5.88. The van der Waals surface area contributed by atoms with Crippen molar-refractivity contribution in [2.24, 2.45) is 0 Å². The van der Waals surface area contributed by atoms with Crippen LogP contribution in [-0.4, -0.2) is 26.4 Å². The van der Waals surface area contributed by atoms with Crippen molar-refractivity contribution >= 4 is 25.9 Å². The maximum absolute atomic E-state index is 13.1. The van der Waals surface area contributed by atoms with E-state index >= 15 is 0 Å². The van der Waals surface area contributed by atoms with Crippen molar-refractivity contribution in [3.05, 3.63) is 71.4 Å². The van der Waals surface area contributed by atoms with Gasteiger partial charge in [0.15, 0.2) is 0 Å². The molecule has 1 aliphatic rings. The van der Waals surface area contributed by atoms with Crippen LogP contribution in [-0.2, 0) is 15.5 Å². The number of benzene rings is 2. The fraction of sp³-hybridized carbons (Fsp3) is 0.391. The predicted molar refractivity (Wildman–Crippen MR) is 119 cm³/mol. The third kappa shape index (κ3) is 4.58. The molecule has 0 amide bonds. The van der Waals surface area contributed by atoms with Crippen molar-refractivity contribution in [2.75, 3.05) is 0 Å². The summed E-state index contributed by atoms with van der Waals surface area (Å²) in [6.07, 6.45) is -4.37. The molecule has 0 saturated carbocycles. The zero-order valence-corrected chi connectivity index (χ0v) is 19.3. The first-order valence-corrected chi connectivity index (χ1v) is 13.1. The van der Waals surface area contributed by atoms with Crippen molar-refractivity contribution in [1.82, 2.24) is 0 Å². The van der Waals surface area contributed by atoms with Crippen LogP contribution in [0.25, 0.3) is 5.47 Å². The van der Waals surface area contributed by atoms with Gasteiger partial charge in [0.1, 0.15) is 8.07 Å². The highest BCUT2D eigenvalue weighted by atomic mass is 28.3. The van der Waals surface area contributed by atoms with E-state index in [2.05, 4.69) is 30.9 Å². The van der Waals surface area contributed by atoms with E-state index in [0.717, 1.165) is 17.6 Å². The van der Waals surface area contributed by atoms with Crippen molar-refractivity contribution in [3.8, 4) is 0 Å². The summed E-state index contributed by atoms with van der Waals surface area (Å²) < 4.78 is 51.7. The van der Waals surface area contributed by atoms with E-state index in [1.54, 1.807) is 0 Å². The first-order valence-electron chi connectivity index (χ1n) is 10.0. The van der Waals surface area contributed by atoms with E-state index < -0.39 is 38.1 Å². The Kier molecular flexibility index (Phi) is 5.86. The van der Waals surface area contributed by atoms with Crippen LogP contribution in [0.4, 0.5) is 13.2 Å². The highest BCUT2D eigenvalue weighted by molar-refractivity contribution is 6.96. The largest absolute Gasteiger partial charge is 0.494 e. The lowest BCUT2D eigenvalue weighted by Gasteiger charge is -2.32. The Balaban J connectivity index is 2.08. The van der Waals surface area contributed by atoms with Gasteiger partial charge in [-0.1, -0.05) is 66.4 Å². The molecule has 0 atom stereocenters. The molecule has 0 radical (unpaired) electrons. The molecule has 1 aliphatic heterocycles. The molecule has 0 aliphatic carbocycles. The summed E-state index contributed by atoms with van der Waals surface area (Å²) in [6, 6.07) is 15.4. The second-order valence-corrected chi connectivity index (χ2v) is 13.7. The number of hydrogen-bond donors (Lipinski definition) is 0. The van der Waals surface area contributed by atoms with Gasteiger partial charge in [-0.05, 0) is 50.9 Å². The van der Waals surface area contributed by atoms with E-state index in [1.807, 2.05) is 45.9 Å². The third-order valence-corrected chi connectivity index (χ3v) is 8.94. The Morgan fingerprint density at radius 2 is 1.37 bits per heavy atom. The van der Waals surface area contributed by atoms with E-state index in [1.165, 1.54) is 17.3 Å². The molecule has 0 spiro atoms.